The van der Waals surface area contributed by atoms with E-state index in [1.165, 1.54) is 25.0 Å². The van der Waals surface area contributed by atoms with Crippen LogP contribution in [-0.4, -0.2) is 23.1 Å². The van der Waals surface area contributed by atoms with E-state index < -0.39 is 15.3 Å². The fourth-order valence-corrected chi connectivity index (χ4v) is 6.36. The first-order chi connectivity index (χ1) is 21.9. The van der Waals surface area contributed by atoms with Crippen molar-refractivity contribution in [3.05, 3.63) is 127 Å². The SMILES string of the molecule is CCCCCCOc1ccc(C2(c3ccc(OCCCCCC)cc3)c3cc([N+](=O)[O-])ccc3-c3ccc([N+](=O)[O-])cc32)cc1. The summed E-state index contributed by atoms with van der Waals surface area (Å²) in [7, 11) is 0. The van der Waals surface area contributed by atoms with E-state index in [0.717, 1.165) is 72.3 Å². The minimum Gasteiger partial charge on any atom is -0.494 e. The Labute approximate surface area is 264 Å². The van der Waals surface area contributed by atoms with Crippen molar-refractivity contribution in [3.63, 3.8) is 0 Å². The fourth-order valence-electron chi connectivity index (χ4n) is 6.36. The summed E-state index contributed by atoms with van der Waals surface area (Å²) >= 11 is 0. The molecule has 1 aliphatic carbocycles. The van der Waals surface area contributed by atoms with Crippen molar-refractivity contribution in [1.82, 2.24) is 0 Å². The van der Waals surface area contributed by atoms with Gasteiger partial charge in [-0.2, -0.15) is 0 Å². The lowest BCUT2D eigenvalue weighted by molar-refractivity contribution is -0.385. The molecule has 0 amide bonds. The second kappa shape index (κ2) is 14.4. The number of nitro groups is 2. The molecule has 0 bridgehead atoms. The van der Waals surface area contributed by atoms with E-state index in [1.807, 2.05) is 48.5 Å². The standard InChI is InChI=1S/C37H40N2O6/c1-3-5-7-9-23-44-31-17-11-27(12-18-31)37(28-13-19-32(20-14-28)45-24-10-8-6-4-2)35-25-29(38(40)41)15-21-33(35)34-22-16-30(39(42)43)26-36(34)37/h11-22,25-26H,3-10,23-24H2,1-2H3. The van der Waals surface area contributed by atoms with Gasteiger partial charge in [-0.1, -0.05) is 76.6 Å². The van der Waals surface area contributed by atoms with Gasteiger partial charge in [0.1, 0.15) is 11.5 Å². The van der Waals surface area contributed by atoms with Gasteiger partial charge in [-0.15, -0.1) is 0 Å². The van der Waals surface area contributed by atoms with E-state index in [0.29, 0.717) is 24.3 Å². The molecule has 0 heterocycles. The molecule has 45 heavy (non-hydrogen) atoms. The molecule has 0 spiro atoms. The number of fused-ring (bicyclic) bond motifs is 3. The smallest absolute Gasteiger partial charge is 0.269 e. The number of benzene rings is 4. The van der Waals surface area contributed by atoms with Gasteiger partial charge in [-0.3, -0.25) is 20.2 Å². The normalized spacial score (nSPS) is 12.8. The van der Waals surface area contributed by atoms with E-state index in [1.54, 1.807) is 24.3 Å². The highest BCUT2D eigenvalue weighted by molar-refractivity contribution is 5.88. The van der Waals surface area contributed by atoms with Gasteiger partial charge < -0.3 is 9.47 Å². The Morgan fingerprint density at radius 3 is 1.31 bits per heavy atom. The first-order valence-electron chi connectivity index (χ1n) is 15.9. The van der Waals surface area contributed by atoms with Crippen LogP contribution in [-0.2, 0) is 5.41 Å². The van der Waals surface area contributed by atoms with Crippen LogP contribution in [0.15, 0.2) is 84.9 Å². The third-order valence-electron chi connectivity index (χ3n) is 8.63. The summed E-state index contributed by atoms with van der Waals surface area (Å²) in [6.45, 7) is 5.59. The highest BCUT2D eigenvalue weighted by Crippen LogP contribution is 2.57. The Kier molecular flexibility index (Phi) is 10.1. The predicted octanol–water partition coefficient (Wildman–Crippen LogP) is 9.78. The molecule has 0 atom stereocenters. The Balaban J connectivity index is 1.63. The molecular formula is C37H40N2O6. The number of unbranched alkanes of at least 4 members (excludes halogenated alkanes) is 6. The van der Waals surface area contributed by atoms with Gasteiger partial charge in [-0.05, 0) is 82.6 Å². The van der Waals surface area contributed by atoms with Crippen LogP contribution in [0.2, 0.25) is 0 Å². The third-order valence-corrected chi connectivity index (χ3v) is 8.63. The minimum absolute atomic E-state index is 0.0421. The zero-order chi connectivity index (χ0) is 31.8. The average Bonchev–Trinajstić information content (AvgIpc) is 3.35. The molecule has 0 fully saturated rings. The van der Waals surface area contributed by atoms with Crippen molar-refractivity contribution >= 4 is 11.4 Å². The fraction of sp³-hybridized carbons (Fsp3) is 0.351. The van der Waals surface area contributed by atoms with Gasteiger partial charge in [0.25, 0.3) is 11.4 Å². The average molecular weight is 609 g/mol. The van der Waals surface area contributed by atoms with Crippen molar-refractivity contribution < 1.29 is 19.3 Å². The molecule has 234 valence electrons. The third kappa shape index (κ3) is 6.55. The molecule has 1 aliphatic rings. The first kappa shape index (κ1) is 31.7. The van der Waals surface area contributed by atoms with E-state index in [4.69, 9.17) is 9.47 Å². The highest BCUT2D eigenvalue weighted by atomic mass is 16.6. The first-order valence-corrected chi connectivity index (χ1v) is 15.9. The van der Waals surface area contributed by atoms with Crippen LogP contribution in [0.1, 0.15) is 87.5 Å². The van der Waals surface area contributed by atoms with Crippen LogP contribution >= 0.6 is 0 Å². The molecule has 0 aliphatic heterocycles. The molecular weight excluding hydrogens is 568 g/mol. The van der Waals surface area contributed by atoms with E-state index >= 15 is 0 Å². The topological polar surface area (TPSA) is 105 Å². The maximum atomic E-state index is 12.0. The molecule has 0 saturated carbocycles. The van der Waals surface area contributed by atoms with Crippen molar-refractivity contribution in [1.29, 1.82) is 0 Å². The molecule has 4 aromatic rings. The quantitative estimate of drug-likeness (QED) is 0.0627. The highest BCUT2D eigenvalue weighted by Gasteiger charge is 2.47. The summed E-state index contributed by atoms with van der Waals surface area (Å²) in [6.07, 6.45) is 8.82. The van der Waals surface area contributed by atoms with Crippen molar-refractivity contribution in [2.24, 2.45) is 0 Å². The Morgan fingerprint density at radius 2 is 0.956 bits per heavy atom. The summed E-state index contributed by atoms with van der Waals surface area (Å²) in [5.74, 6) is 1.46. The minimum atomic E-state index is -1.05. The second-order valence-corrected chi connectivity index (χ2v) is 11.6. The number of rotatable bonds is 16. The molecule has 5 rings (SSSR count). The zero-order valence-corrected chi connectivity index (χ0v) is 26.0. The number of ether oxygens (including phenoxy) is 2. The van der Waals surface area contributed by atoms with Crippen molar-refractivity contribution in [2.75, 3.05) is 13.2 Å². The van der Waals surface area contributed by atoms with Gasteiger partial charge >= 0.3 is 0 Å². The van der Waals surface area contributed by atoms with Crippen molar-refractivity contribution in [2.45, 2.75) is 70.6 Å². The van der Waals surface area contributed by atoms with Gasteiger partial charge in [0.2, 0.25) is 0 Å². The Morgan fingerprint density at radius 1 is 0.556 bits per heavy atom. The molecule has 8 heteroatoms. The summed E-state index contributed by atoms with van der Waals surface area (Å²) < 4.78 is 12.1. The predicted molar refractivity (Wildman–Crippen MR) is 176 cm³/mol. The van der Waals surface area contributed by atoms with Gasteiger partial charge in [-0.25, -0.2) is 0 Å². The Bertz CT molecular complexity index is 1510. The van der Waals surface area contributed by atoms with E-state index in [9.17, 15) is 20.2 Å². The zero-order valence-electron chi connectivity index (χ0n) is 26.0. The lowest BCUT2D eigenvalue weighted by Crippen LogP contribution is -2.28. The molecule has 4 aromatic carbocycles. The van der Waals surface area contributed by atoms with Gasteiger partial charge in [0.15, 0.2) is 0 Å². The number of nitrogens with zero attached hydrogens (tertiary/aromatic N) is 2. The lowest BCUT2D eigenvalue weighted by atomic mass is 9.67. The maximum Gasteiger partial charge on any atom is 0.269 e. The molecule has 8 nitrogen and oxygen atoms in total. The van der Waals surface area contributed by atoms with Crippen LogP contribution in [0.3, 0.4) is 0 Å². The number of hydrogen-bond donors (Lipinski definition) is 0. The van der Waals surface area contributed by atoms with Gasteiger partial charge in [0.05, 0.1) is 28.5 Å². The van der Waals surface area contributed by atoms with Gasteiger partial charge in [0, 0.05) is 24.3 Å². The van der Waals surface area contributed by atoms with Crippen LogP contribution < -0.4 is 9.47 Å². The largest absolute Gasteiger partial charge is 0.494 e. The molecule has 0 unspecified atom stereocenters. The van der Waals surface area contributed by atoms with Crippen molar-refractivity contribution in [3.8, 4) is 22.6 Å². The summed E-state index contributed by atoms with van der Waals surface area (Å²) in [4.78, 5) is 23.2. The summed E-state index contributed by atoms with van der Waals surface area (Å²) in [5, 5.41) is 24.0. The summed E-state index contributed by atoms with van der Waals surface area (Å²) in [5.41, 5.74) is 3.53. The number of non-ortho nitro benzene ring substituents is 2. The van der Waals surface area contributed by atoms with E-state index in [2.05, 4.69) is 13.8 Å². The second-order valence-electron chi connectivity index (χ2n) is 11.6. The van der Waals surface area contributed by atoms with Crippen LogP contribution in [0.25, 0.3) is 11.1 Å². The number of hydrogen-bond acceptors (Lipinski definition) is 6. The molecule has 0 radical (unpaired) electrons. The van der Waals surface area contributed by atoms with Crippen LogP contribution in [0.5, 0.6) is 11.5 Å². The summed E-state index contributed by atoms with van der Waals surface area (Å²) in [6, 6.07) is 25.2. The Hall–Kier alpha value is -4.72. The van der Waals surface area contributed by atoms with Crippen LogP contribution in [0, 0.1) is 20.2 Å². The van der Waals surface area contributed by atoms with E-state index in [-0.39, 0.29) is 11.4 Å². The molecule has 0 aromatic heterocycles. The van der Waals surface area contributed by atoms with Crippen LogP contribution in [0.4, 0.5) is 11.4 Å². The molecule has 0 saturated heterocycles. The number of nitro benzene ring substituents is 2. The monoisotopic (exact) mass is 608 g/mol. The lowest BCUT2D eigenvalue weighted by Gasteiger charge is -2.33. The molecule has 0 N–H and O–H groups in total. The maximum absolute atomic E-state index is 12.0.